The number of aromatic nitrogens is 2. The average molecular weight is 472 g/mol. The largest absolute Gasteiger partial charge is 0.465 e. The molecule has 0 saturated carbocycles. The second-order valence-electron chi connectivity index (χ2n) is 9.29. The Bertz CT molecular complexity index is 1150. The lowest BCUT2D eigenvalue weighted by Gasteiger charge is -2.30. The number of esters is 1. The molecule has 2 unspecified atom stereocenters. The molecule has 1 aliphatic rings. The van der Waals surface area contributed by atoms with Crippen molar-refractivity contribution in [3.05, 3.63) is 41.1 Å². The Morgan fingerprint density at radius 1 is 1.26 bits per heavy atom. The first kappa shape index (κ1) is 25.1. The van der Waals surface area contributed by atoms with E-state index < -0.39 is 29.2 Å². The van der Waals surface area contributed by atoms with Crippen LogP contribution in [-0.2, 0) is 9.53 Å². The number of hydrogen-bond donors (Lipinski definition) is 2. The first-order valence-electron chi connectivity index (χ1n) is 11.0. The highest BCUT2D eigenvalue weighted by Crippen LogP contribution is 2.31. The molecule has 0 aliphatic carbocycles. The van der Waals surface area contributed by atoms with Crippen LogP contribution in [0.5, 0.6) is 0 Å². The van der Waals surface area contributed by atoms with Crippen LogP contribution >= 0.6 is 0 Å². The van der Waals surface area contributed by atoms with Crippen molar-refractivity contribution in [2.75, 3.05) is 20.7 Å². The molecule has 34 heavy (non-hydrogen) atoms. The smallest absolute Gasteiger partial charge is 0.337 e. The Balaban J connectivity index is 2.12. The molecule has 2 N–H and O–H groups in total. The van der Waals surface area contributed by atoms with Crippen LogP contribution < -0.4 is 10.6 Å². The molecule has 2 heterocycles. The van der Waals surface area contributed by atoms with Crippen molar-refractivity contribution < 1.29 is 23.5 Å². The maximum atomic E-state index is 15.1. The summed E-state index contributed by atoms with van der Waals surface area (Å²) in [5.74, 6) is -2.17. The van der Waals surface area contributed by atoms with Crippen LogP contribution in [0.2, 0.25) is 0 Å². The SMILES string of the molecule is CNC(=O)C(NC(=O)c1nc(-c2ccc(C(=O)OC)cc2F)c2n1C(C)CCN=C2)C(C)(C)C. The Hall–Kier alpha value is -3.56. The van der Waals surface area contributed by atoms with Crippen LogP contribution in [0, 0.1) is 11.2 Å². The van der Waals surface area contributed by atoms with E-state index in [1.54, 1.807) is 10.8 Å². The standard InChI is InChI=1S/C24H30FN5O4/c1-13-9-10-27-12-17-18(15-8-7-14(11-16(15)25)23(33)34-6)28-20(30(13)17)22(32)29-19(21(31)26-5)24(2,3)4/h7-8,11-13,19H,9-10H2,1-6H3,(H,26,31)(H,29,32). The lowest BCUT2D eigenvalue weighted by molar-refractivity contribution is -0.124. The number of likely N-dealkylation sites (N-methyl/N-ethyl adjacent to an activating group) is 1. The average Bonchev–Trinajstić information content (AvgIpc) is 3.06. The summed E-state index contributed by atoms with van der Waals surface area (Å²) < 4.78 is 21.4. The second-order valence-corrected chi connectivity index (χ2v) is 9.29. The minimum Gasteiger partial charge on any atom is -0.465 e. The van der Waals surface area contributed by atoms with Crippen LogP contribution in [0.4, 0.5) is 4.39 Å². The molecule has 2 amide bonds. The number of ether oxygens (including phenoxy) is 1. The molecule has 0 spiro atoms. The topological polar surface area (TPSA) is 115 Å². The molecule has 9 nitrogen and oxygen atoms in total. The summed E-state index contributed by atoms with van der Waals surface area (Å²) in [6, 6.07) is 2.98. The summed E-state index contributed by atoms with van der Waals surface area (Å²) in [6.45, 7) is 8.00. The Kier molecular flexibility index (Phi) is 7.18. The number of nitrogens with zero attached hydrogens (tertiary/aromatic N) is 3. The van der Waals surface area contributed by atoms with Gasteiger partial charge in [0.25, 0.3) is 5.91 Å². The molecular weight excluding hydrogens is 441 g/mol. The van der Waals surface area contributed by atoms with E-state index in [1.807, 2.05) is 27.7 Å². The lowest BCUT2D eigenvalue weighted by Crippen LogP contribution is -2.53. The van der Waals surface area contributed by atoms with Gasteiger partial charge in [0.1, 0.15) is 17.6 Å². The molecule has 1 aliphatic heterocycles. The predicted octanol–water partition coefficient (Wildman–Crippen LogP) is 2.75. The lowest BCUT2D eigenvalue weighted by atomic mass is 9.86. The number of aliphatic imine (C=N–C) groups is 1. The van der Waals surface area contributed by atoms with E-state index in [1.165, 1.54) is 26.3 Å². The molecule has 3 rings (SSSR count). The molecule has 0 fully saturated rings. The van der Waals surface area contributed by atoms with Gasteiger partial charge in [-0.25, -0.2) is 14.2 Å². The number of methoxy groups -OCH3 is 1. The number of carbonyl (C=O) groups excluding carboxylic acids is 3. The zero-order chi connectivity index (χ0) is 25.2. The van der Waals surface area contributed by atoms with Crippen molar-refractivity contribution in [2.45, 2.75) is 46.2 Å². The van der Waals surface area contributed by atoms with Crippen LogP contribution in [0.3, 0.4) is 0 Å². The molecule has 0 radical (unpaired) electrons. The van der Waals surface area contributed by atoms with Crippen LogP contribution in [0.1, 0.15) is 66.8 Å². The number of nitrogens with one attached hydrogen (secondary N) is 2. The third kappa shape index (κ3) is 4.85. The monoisotopic (exact) mass is 471 g/mol. The van der Waals surface area contributed by atoms with E-state index >= 15 is 4.39 Å². The number of hydrogen-bond acceptors (Lipinski definition) is 6. The number of halogens is 1. The van der Waals surface area contributed by atoms with Crippen molar-refractivity contribution in [3.63, 3.8) is 0 Å². The Labute approximate surface area is 197 Å². The minimum absolute atomic E-state index is 0.0560. The van der Waals surface area contributed by atoms with Crippen molar-refractivity contribution in [2.24, 2.45) is 10.4 Å². The van der Waals surface area contributed by atoms with E-state index in [-0.39, 0.29) is 34.6 Å². The zero-order valence-corrected chi connectivity index (χ0v) is 20.2. The van der Waals surface area contributed by atoms with Crippen molar-refractivity contribution >= 4 is 24.0 Å². The molecule has 0 saturated heterocycles. The molecule has 1 aromatic heterocycles. The van der Waals surface area contributed by atoms with Gasteiger partial charge in [-0.15, -0.1) is 0 Å². The highest BCUT2D eigenvalue weighted by atomic mass is 19.1. The molecular formula is C24H30FN5O4. The first-order chi connectivity index (χ1) is 16.0. The van der Waals surface area contributed by atoms with Gasteiger partial charge in [0.05, 0.1) is 18.4 Å². The molecule has 2 aromatic rings. The van der Waals surface area contributed by atoms with Gasteiger partial charge in [0, 0.05) is 31.4 Å². The number of carbonyl (C=O) groups is 3. The molecule has 182 valence electrons. The highest BCUT2D eigenvalue weighted by molar-refractivity contribution is 5.99. The summed E-state index contributed by atoms with van der Waals surface area (Å²) >= 11 is 0. The number of amides is 2. The zero-order valence-electron chi connectivity index (χ0n) is 20.2. The fourth-order valence-electron chi connectivity index (χ4n) is 3.88. The molecule has 2 atom stereocenters. The number of fused-ring (bicyclic) bond motifs is 1. The summed E-state index contributed by atoms with van der Waals surface area (Å²) in [5.41, 5.74) is 0.327. The number of benzene rings is 1. The van der Waals surface area contributed by atoms with Crippen LogP contribution in [0.25, 0.3) is 11.3 Å². The molecule has 0 bridgehead atoms. The van der Waals surface area contributed by atoms with Gasteiger partial charge in [0.2, 0.25) is 5.91 Å². The van der Waals surface area contributed by atoms with E-state index in [9.17, 15) is 14.4 Å². The van der Waals surface area contributed by atoms with Gasteiger partial charge < -0.3 is 19.9 Å². The predicted molar refractivity (Wildman–Crippen MR) is 126 cm³/mol. The van der Waals surface area contributed by atoms with E-state index in [4.69, 9.17) is 0 Å². The highest BCUT2D eigenvalue weighted by Gasteiger charge is 2.35. The van der Waals surface area contributed by atoms with E-state index in [0.29, 0.717) is 18.7 Å². The fraction of sp³-hybridized carbons (Fsp3) is 0.458. The van der Waals surface area contributed by atoms with E-state index in [2.05, 4.69) is 25.3 Å². The Morgan fingerprint density at radius 2 is 1.97 bits per heavy atom. The normalized spacial score (nSPS) is 16.3. The van der Waals surface area contributed by atoms with Crippen molar-refractivity contribution in [3.8, 4) is 11.3 Å². The third-order valence-corrected chi connectivity index (χ3v) is 5.78. The van der Waals surface area contributed by atoms with Crippen LogP contribution in [0.15, 0.2) is 23.2 Å². The van der Waals surface area contributed by atoms with Gasteiger partial charge in [0.15, 0.2) is 5.82 Å². The van der Waals surface area contributed by atoms with Gasteiger partial charge >= 0.3 is 5.97 Å². The van der Waals surface area contributed by atoms with Crippen LogP contribution in [-0.4, -0.2) is 60.3 Å². The summed E-state index contributed by atoms with van der Waals surface area (Å²) in [7, 11) is 2.72. The first-order valence-corrected chi connectivity index (χ1v) is 11.0. The summed E-state index contributed by atoms with van der Waals surface area (Å²) in [6.07, 6.45) is 2.23. The maximum absolute atomic E-state index is 15.1. The van der Waals surface area contributed by atoms with Gasteiger partial charge in [-0.05, 0) is 37.0 Å². The van der Waals surface area contributed by atoms with Gasteiger partial charge in [-0.2, -0.15) is 0 Å². The fourth-order valence-corrected chi connectivity index (χ4v) is 3.88. The maximum Gasteiger partial charge on any atom is 0.337 e. The second kappa shape index (κ2) is 9.74. The van der Waals surface area contributed by atoms with Crippen molar-refractivity contribution in [1.29, 1.82) is 0 Å². The van der Waals surface area contributed by atoms with Crippen molar-refractivity contribution in [1.82, 2.24) is 20.2 Å². The Morgan fingerprint density at radius 3 is 2.56 bits per heavy atom. The quantitative estimate of drug-likeness (QED) is 0.651. The number of rotatable bonds is 5. The third-order valence-electron chi connectivity index (χ3n) is 5.78. The number of imidazole rings is 1. The molecule has 10 heteroatoms. The summed E-state index contributed by atoms with van der Waals surface area (Å²) in [4.78, 5) is 46.5. The summed E-state index contributed by atoms with van der Waals surface area (Å²) in [5, 5.41) is 5.37. The van der Waals surface area contributed by atoms with E-state index in [0.717, 1.165) is 6.07 Å². The minimum atomic E-state index is -0.813. The molecule has 1 aromatic carbocycles. The van der Waals surface area contributed by atoms with Gasteiger partial charge in [-0.1, -0.05) is 20.8 Å². The van der Waals surface area contributed by atoms with Gasteiger partial charge in [-0.3, -0.25) is 14.6 Å².